The van der Waals surface area contributed by atoms with E-state index in [0.29, 0.717) is 23.5 Å². The lowest BCUT2D eigenvalue weighted by Gasteiger charge is -2.17. The van der Waals surface area contributed by atoms with Crippen LogP contribution in [-0.2, 0) is 12.1 Å². The zero-order chi connectivity index (χ0) is 24.7. The fourth-order valence-corrected chi connectivity index (χ4v) is 4.19. The average Bonchev–Trinajstić information content (AvgIpc) is 3.43. The third kappa shape index (κ3) is 4.29. The summed E-state index contributed by atoms with van der Waals surface area (Å²) in [6, 6.07) is 17.5. The predicted octanol–water partition coefficient (Wildman–Crippen LogP) is 4.65. The molecule has 0 aliphatic carbocycles. The van der Waals surface area contributed by atoms with Crippen LogP contribution in [0.25, 0.3) is 33.5 Å². The SMILES string of the molecule is Cc1cc2c(-c3cn(Cc4cccc(C(C)(C)O)n4)nn3)cc(-c3cccc(C#N)c3C)nc2[nH]1. The Morgan fingerprint density at radius 3 is 2.60 bits per heavy atom. The molecule has 5 aromatic rings. The van der Waals surface area contributed by atoms with Gasteiger partial charge < -0.3 is 10.1 Å². The van der Waals surface area contributed by atoms with Crippen molar-refractivity contribution in [3.63, 3.8) is 0 Å². The summed E-state index contributed by atoms with van der Waals surface area (Å²) in [4.78, 5) is 12.7. The summed E-state index contributed by atoms with van der Waals surface area (Å²) in [7, 11) is 0. The van der Waals surface area contributed by atoms with Crippen LogP contribution in [0.15, 0.2) is 54.7 Å². The number of aromatic nitrogens is 6. The molecule has 8 heteroatoms. The first-order valence-electron chi connectivity index (χ1n) is 11.3. The molecule has 0 amide bonds. The molecule has 35 heavy (non-hydrogen) atoms. The van der Waals surface area contributed by atoms with Gasteiger partial charge in [0, 0.05) is 22.2 Å². The Kier molecular flexibility index (Phi) is 5.42. The Morgan fingerprint density at radius 1 is 1.03 bits per heavy atom. The quantitative estimate of drug-likeness (QED) is 0.392. The largest absolute Gasteiger partial charge is 0.384 e. The maximum atomic E-state index is 10.3. The highest BCUT2D eigenvalue weighted by atomic mass is 16.3. The Morgan fingerprint density at radius 2 is 1.83 bits per heavy atom. The summed E-state index contributed by atoms with van der Waals surface area (Å²) < 4.78 is 1.73. The fourth-order valence-electron chi connectivity index (χ4n) is 4.19. The van der Waals surface area contributed by atoms with Crippen LogP contribution in [0.4, 0.5) is 0 Å². The second-order valence-electron chi connectivity index (χ2n) is 9.23. The molecule has 0 atom stereocenters. The molecule has 1 aromatic carbocycles. The summed E-state index contributed by atoms with van der Waals surface area (Å²) in [6.45, 7) is 7.78. The molecule has 0 aliphatic rings. The van der Waals surface area contributed by atoms with Crippen LogP contribution < -0.4 is 0 Å². The first-order valence-corrected chi connectivity index (χ1v) is 11.3. The Balaban J connectivity index is 1.57. The molecule has 0 bridgehead atoms. The van der Waals surface area contributed by atoms with Crippen molar-refractivity contribution >= 4 is 11.0 Å². The van der Waals surface area contributed by atoms with Crippen LogP contribution >= 0.6 is 0 Å². The number of rotatable bonds is 5. The van der Waals surface area contributed by atoms with E-state index in [1.807, 2.05) is 68.6 Å². The van der Waals surface area contributed by atoms with Gasteiger partial charge in [-0.3, -0.25) is 4.98 Å². The van der Waals surface area contributed by atoms with Crippen LogP contribution in [0.3, 0.4) is 0 Å². The molecule has 0 unspecified atom stereocenters. The first kappa shape index (κ1) is 22.4. The number of H-pyrrole nitrogens is 1. The Hall–Kier alpha value is -4.35. The summed E-state index contributed by atoms with van der Waals surface area (Å²) >= 11 is 0. The molecule has 0 aliphatic heterocycles. The molecule has 0 saturated heterocycles. The van der Waals surface area contributed by atoms with Crippen molar-refractivity contribution in [1.29, 1.82) is 5.26 Å². The van der Waals surface area contributed by atoms with Gasteiger partial charge in [-0.1, -0.05) is 23.4 Å². The van der Waals surface area contributed by atoms with E-state index in [1.54, 1.807) is 18.5 Å². The van der Waals surface area contributed by atoms with Crippen molar-refractivity contribution in [2.45, 2.75) is 39.8 Å². The monoisotopic (exact) mass is 463 g/mol. The van der Waals surface area contributed by atoms with Gasteiger partial charge in [0.1, 0.15) is 16.9 Å². The number of nitrogens with zero attached hydrogens (tertiary/aromatic N) is 6. The minimum Gasteiger partial charge on any atom is -0.384 e. The number of nitriles is 1. The van der Waals surface area contributed by atoms with E-state index >= 15 is 0 Å². The normalized spacial score (nSPS) is 11.7. The van der Waals surface area contributed by atoms with Crippen LogP contribution in [0.2, 0.25) is 0 Å². The molecule has 5 rings (SSSR count). The number of pyridine rings is 2. The maximum absolute atomic E-state index is 10.3. The van der Waals surface area contributed by atoms with Crippen LogP contribution in [-0.4, -0.2) is 35.1 Å². The summed E-state index contributed by atoms with van der Waals surface area (Å²) in [6.07, 6.45) is 1.89. The molecule has 8 nitrogen and oxygen atoms in total. The summed E-state index contributed by atoms with van der Waals surface area (Å²) in [5.41, 5.74) is 6.91. The van der Waals surface area contributed by atoms with E-state index in [4.69, 9.17) is 4.98 Å². The highest BCUT2D eigenvalue weighted by molar-refractivity contribution is 5.95. The van der Waals surface area contributed by atoms with E-state index in [2.05, 4.69) is 26.3 Å². The first-order chi connectivity index (χ1) is 16.7. The van der Waals surface area contributed by atoms with E-state index < -0.39 is 5.60 Å². The number of benzene rings is 1. The lowest BCUT2D eigenvalue weighted by atomic mass is 9.98. The van der Waals surface area contributed by atoms with E-state index in [1.165, 1.54) is 0 Å². The number of nitrogens with one attached hydrogen (secondary N) is 1. The smallest absolute Gasteiger partial charge is 0.138 e. The van der Waals surface area contributed by atoms with Gasteiger partial charge >= 0.3 is 0 Å². The molecular formula is C27H25N7O. The predicted molar refractivity (Wildman–Crippen MR) is 133 cm³/mol. The molecular weight excluding hydrogens is 438 g/mol. The average molecular weight is 464 g/mol. The minimum atomic E-state index is -1.02. The second-order valence-corrected chi connectivity index (χ2v) is 9.23. The lowest BCUT2D eigenvalue weighted by Crippen LogP contribution is -2.18. The maximum Gasteiger partial charge on any atom is 0.138 e. The number of aryl methyl sites for hydroxylation is 1. The van der Waals surface area contributed by atoms with Crippen molar-refractivity contribution in [2.24, 2.45) is 0 Å². The van der Waals surface area contributed by atoms with E-state index in [0.717, 1.165) is 44.8 Å². The number of hydrogen-bond donors (Lipinski definition) is 2. The van der Waals surface area contributed by atoms with Crippen LogP contribution in [0, 0.1) is 25.2 Å². The molecule has 2 N–H and O–H groups in total. The van der Waals surface area contributed by atoms with Crippen molar-refractivity contribution < 1.29 is 5.11 Å². The van der Waals surface area contributed by atoms with Gasteiger partial charge in [0.25, 0.3) is 0 Å². The van der Waals surface area contributed by atoms with Crippen LogP contribution in [0.1, 0.15) is 42.1 Å². The molecule has 174 valence electrons. The molecule has 4 heterocycles. The van der Waals surface area contributed by atoms with E-state index in [9.17, 15) is 10.4 Å². The number of hydrogen-bond acceptors (Lipinski definition) is 6. The molecule has 0 radical (unpaired) electrons. The van der Waals surface area contributed by atoms with Crippen molar-refractivity contribution in [3.8, 4) is 28.6 Å². The zero-order valence-electron chi connectivity index (χ0n) is 20.0. The number of fused-ring (bicyclic) bond motifs is 1. The number of aromatic amines is 1. The van der Waals surface area contributed by atoms with Gasteiger partial charge in [0.2, 0.25) is 0 Å². The number of aliphatic hydroxyl groups is 1. The summed E-state index contributed by atoms with van der Waals surface area (Å²) in [5.74, 6) is 0. The highest BCUT2D eigenvalue weighted by Gasteiger charge is 2.19. The third-order valence-corrected chi connectivity index (χ3v) is 6.04. The molecule has 0 fully saturated rings. The van der Waals surface area contributed by atoms with E-state index in [-0.39, 0.29) is 0 Å². The topological polar surface area (TPSA) is 116 Å². The van der Waals surface area contributed by atoms with Gasteiger partial charge in [-0.05, 0) is 63.6 Å². The molecule has 0 spiro atoms. The lowest BCUT2D eigenvalue weighted by molar-refractivity contribution is 0.0736. The molecule has 0 saturated carbocycles. The van der Waals surface area contributed by atoms with Crippen molar-refractivity contribution in [3.05, 3.63) is 82.9 Å². The molecule has 4 aromatic heterocycles. The minimum absolute atomic E-state index is 0.424. The standard InChI is InChI=1S/C27H25N7O/c1-16-11-22-21(12-23(31-26(22)29-16)20-9-5-7-18(13-28)17(20)2)24-15-34(33-32-24)14-19-8-6-10-25(30-19)27(3,4)35/h5-12,15,35H,14H2,1-4H3,(H,29,31). The van der Waals surface area contributed by atoms with Gasteiger partial charge in [0.05, 0.1) is 41.5 Å². The van der Waals surface area contributed by atoms with Crippen molar-refractivity contribution in [2.75, 3.05) is 0 Å². The zero-order valence-corrected chi connectivity index (χ0v) is 20.0. The van der Waals surface area contributed by atoms with Gasteiger partial charge in [0.15, 0.2) is 0 Å². The van der Waals surface area contributed by atoms with Crippen molar-refractivity contribution in [1.82, 2.24) is 29.9 Å². The van der Waals surface area contributed by atoms with Gasteiger partial charge in [-0.2, -0.15) is 5.26 Å². The van der Waals surface area contributed by atoms with Crippen LogP contribution in [0.5, 0.6) is 0 Å². The fraction of sp³-hybridized carbons (Fsp3) is 0.222. The Bertz CT molecular complexity index is 1600. The summed E-state index contributed by atoms with van der Waals surface area (Å²) in [5, 5.41) is 29.5. The van der Waals surface area contributed by atoms with Gasteiger partial charge in [-0.15, -0.1) is 5.10 Å². The van der Waals surface area contributed by atoms with Gasteiger partial charge in [-0.25, -0.2) is 9.67 Å². The second kappa shape index (κ2) is 8.46. The third-order valence-electron chi connectivity index (χ3n) is 6.04. The Labute approximate surface area is 202 Å². The highest BCUT2D eigenvalue weighted by Crippen LogP contribution is 2.33.